The monoisotopic (exact) mass is 206 g/mol. The molecule has 1 rings (SSSR count). The summed E-state index contributed by atoms with van der Waals surface area (Å²) in [4.78, 5) is 0. The molecule has 1 N–H and O–H groups in total. The fourth-order valence-electron chi connectivity index (χ4n) is 1.91. The van der Waals surface area contributed by atoms with Crippen LogP contribution in [0.3, 0.4) is 0 Å². The number of aliphatic hydroxyl groups excluding tert-OH is 1. The standard InChI is InChI=1S/C14H22O/c1-4-7-12(3)14(15)10-13-9-6-5-8-11(13)2/h5-6,8-9,12,14-15H,4,7,10H2,1-3H3. The molecule has 1 heteroatoms. The van der Waals surface area contributed by atoms with E-state index in [1.165, 1.54) is 11.1 Å². The van der Waals surface area contributed by atoms with E-state index in [1.807, 2.05) is 12.1 Å². The zero-order chi connectivity index (χ0) is 11.3. The highest BCUT2D eigenvalue weighted by molar-refractivity contribution is 5.26. The molecule has 0 saturated heterocycles. The molecule has 0 bridgehead atoms. The minimum absolute atomic E-state index is 0.203. The van der Waals surface area contributed by atoms with E-state index in [-0.39, 0.29) is 6.10 Å². The summed E-state index contributed by atoms with van der Waals surface area (Å²) in [6.07, 6.45) is 2.83. The second-order valence-corrected chi connectivity index (χ2v) is 4.46. The highest BCUT2D eigenvalue weighted by Gasteiger charge is 2.14. The average Bonchev–Trinajstić information content (AvgIpc) is 2.21. The summed E-state index contributed by atoms with van der Waals surface area (Å²) >= 11 is 0. The Balaban J connectivity index is 2.58. The Morgan fingerprint density at radius 1 is 1.27 bits per heavy atom. The van der Waals surface area contributed by atoms with E-state index < -0.39 is 0 Å². The molecule has 84 valence electrons. The first-order valence-corrected chi connectivity index (χ1v) is 5.87. The van der Waals surface area contributed by atoms with Crippen LogP contribution in [0.15, 0.2) is 24.3 Å². The molecule has 0 fully saturated rings. The summed E-state index contributed by atoms with van der Waals surface area (Å²) < 4.78 is 0. The van der Waals surface area contributed by atoms with Crippen LogP contribution >= 0.6 is 0 Å². The smallest absolute Gasteiger partial charge is 0.0606 e. The van der Waals surface area contributed by atoms with Gasteiger partial charge in [-0.1, -0.05) is 44.5 Å². The Bertz CT molecular complexity index is 293. The molecule has 15 heavy (non-hydrogen) atoms. The number of benzene rings is 1. The van der Waals surface area contributed by atoms with Gasteiger partial charge in [0, 0.05) is 0 Å². The second kappa shape index (κ2) is 5.92. The van der Waals surface area contributed by atoms with E-state index in [4.69, 9.17) is 0 Å². The van der Waals surface area contributed by atoms with Crippen molar-refractivity contribution in [1.29, 1.82) is 0 Å². The van der Waals surface area contributed by atoms with Crippen molar-refractivity contribution in [2.45, 2.75) is 46.1 Å². The van der Waals surface area contributed by atoms with Crippen molar-refractivity contribution in [1.82, 2.24) is 0 Å². The van der Waals surface area contributed by atoms with Crippen LogP contribution in [0.1, 0.15) is 37.8 Å². The molecule has 0 spiro atoms. The van der Waals surface area contributed by atoms with Gasteiger partial charge in [-0.3, -0.25) is 0 Å². The number of rotatable bonds is 5. The Kier molecular flexibility index (Phi) is 4.83. The summed E-state index contributed by atoms with van der Waals surface area (Å²) in [5.41, 5.74) is 2.55. The Hall–Kier alpha value is -0.820. The molecule has 0 radical (unpaired) electrons. The maximum absolute atomic E-state index is 10.0. The van der Waals surface area contributed by atoms with Crippen molar-refractivity contribution in [3.63, 3.8) is 0 Å². The highest BCUT2D eigenvalue weighted by Crippen LogP contribution is 2.17. The second-order valence-electron chi connectivity index (χ2n) is 4.46. The van der Waals surface area contributed by atoms with Crippen LogP contribution in [0.5, 0.6) is 0 Å². The molecule has 2 atom stereocenters. The largest absolute Gasteiger partial charge is 0.393 e. The molecular weight excluding hydrogens is 184 g/mol. The molecular formula is C14H22O. The fraction of sp³-hybridized carbons (Fsp3) is 0.571. The van der Waals surface area contributed by atoms with Crippen molar-refractivity contribution in [2.24, 2.45) is 5.92 Å². The maximum atomic E-state index is 10.0. The molecule has 0 aromatic heterocycles. The van der Waals surface area contributed by atoms with Gasteiger partial charge in [-0.05, 0) is 36.8 Å². The van der Waals surface area contributed by atoms with Gasteiger partial charge in [0.25, 0.3) is 0 Å². The van der Waals surface area contributed by atoms with Crippen LogP contribution in [0.4, 0.5) is 0 Å². The summed E-state index contributed by atoms with van der Waals surface area (Å²) in [6, 6.07) is 8.30. The lowest BCUT2D eigenvalue weighted by atomic mass is 9.92. The Morgan fingerprint density at radius 3 is 2.53 bits per heavy atom. The Labute approximate surface area is 93.1 Å². The summed E-state index contributed by atoms with van der Waals surface area (Å²) in [7, 11) is 0. The van der Waals surface area contributed by atoms with Crippen LogP contribution in [0, 0.1) is 12.8 Å². The van der Waals surface area contributed by atoms with Crippen molar-refractivity contribution < 1.29 is 5.11 Å². The molecule has 0 aliphatic rings. The third-order valence-corrected chi connectivity index (χ3v) is 3.09. The number of aliphatic hydroxyl groups is 1. The van der Waals surface area contributed by atoms with Crippen LogP contribution in [-0.4, -0.2) is 11.2 Å². The predicted octanol–water partition coefficient (Wildman–Crippen LogP) is 3.33. The zero-order valence-electron chi connectivity index (χ0n) is 10.0. The quantitative estimate of drug-likeness (QED) is 0.783. The van der Waals surface area contributed by atoms with Crippen molar-refractivity contribution in [3.8, 4) is 0 Å². The minimum Gasteiger partial charge on any atom is -0.393 e. The highest BCUT2D eigenvalue weighted by atomic mass is 16.3. The van der Waals surface area contributed by atoms with E-state index in [2.05, 4.69) is 32.9 Å². The van der Waals surface area contributed by atoms with Gasteiger partial charge in [-0.25, -0.2) is 0 Å². The molecule has 0 heterocycles. The fourth-order valence-corrected chi connectivity index (χ4v) is 1.91. The topological polar surface area (TPSA) is 20.2 Å². The van der Waals surface area contributed by atoms with Gasteiger partial charge in [0.05, 0.1) is 6.10 Å². The lowest BCUT2D eigenvalue weighted by Crippen LogP contribution is -2.20. The SMILES string of the molecule is CCCC(C)C(O)Cc1ccccc1C. The summed E-state index contributed by atoms with van der Waals surface area (Å²) in [5, 5.41) is 10.0. The summed E-state index contributed by atoms with van der Waals surface area (Å²) in [5.74, 6) is 0.398. The van der Waals surface area contributed by atoms with Crippen LogP contribution < -0.4 is 0 Å². The Morgan fingerprint density at radius 2 is 1.93 bits per heavy atom. The lowest BCUT2D eigenvalue weighted by molar-refractivity contribution is 0.111. The zero-order valence-corrected chi connectivity index (χ0v) is 10.0. The molecule has 1 nitrogen and oxygen atoms in total. The van der Waals surface area contributed by atoms with Crippen LogP contribution in [0.2, 0.25) is 0 Å². The molecule has 0 amide bonds. The van der Waals surface area contributed by atoms with Crippen LogP contribution in [-0.2, 0) is 6.42 Å². The van der Waals surface area contributed by atoms with Gasteiger partial charge in [-0.2, -0.15) is 0 Å². The van der Waals surface area contributed by atoms with Gasteiger partial charge >= 0.3 is 0 Å². The minimum atomic E-state index is -0.203. The van der Waals surface area contributed by atoms with Gasteiger partial charge in [-0.15, -0.1) is 0 Å². The van der Waals surface area contributed by atoms with Crippen molar-refractivity contribution >= 4 is 0 Å². The van der Waals surface area contributed by atoms with E-state index in [0.29, 0.717) is 5.92 Å². The van der Waals surface area contributed by atoms with E-state index in [0.717, 1.165) is 19.3 Å². The maximum Gasteiger partial charge on any atom is 0.0606 e. The molecule has 0 aliphatic carbocycles. The van der Waals surface area contributed by atoms with Crippen LogP contribution in [0.25, 0.3) is 0 Å². The average molecular weight is 206 g/mol. The number of aryl methyl sites for hydroxylation is 1. The number of hydrogen-bond acceptors (Lipinski definition) is 1. The first-order chi connectivity index (χ1) is 7.15. The molecule has 1 aromatic carbocycles. The summed E-state index contributed by atoms with van der Waals surface area (Å²) in [6.45, 7) is 6.40. The van der Waals surface area contributed by atoms with Crippen molar-refractivity contribution in [2.75, 3.05) is 0 Å². The molecule has 1 aromatic rings. The third-order valence-electron chi connectivity index (χ3n) is 3.09. The van der Waals surface area contributed by atoms with E-state index in [9.17, 15) is 5.11 Å². The first-order valence-electron chi connectivity index (χ1n) is 5.87. The molecule has 0 aliphatic heterocycles. The lowest BCUT2D eigenvalue weighted by Gasteiger charge is -2.19. The van der Waals surface area contributed by atoms with Gasteiger partial charge in [0.1, 0.15) is 0 Å². The third kappa shape index (κ3) is 3.67. The van der Waals surface area contributed by atoms with E-state index >= 15 is 0 Å². The normalized spacial score (nSPS) is 14.9. The van der Waals surface area contributed by atoms with Crippen molar-refractivity contribution in [3.05, 3.63) is 35.4 Å². The predicted molar refractivity (Wildman–Crippen MR) is 65.0 cm³/mol. The van der Waals surface area contributed by atoms with E-state index in [1.54, 1.807) is 0 Å². The first kappa shape index (κ1) is 12.3. The molecule has 0 saturated carbocycles. The number of hydrogen-bond donors (Lipinski definition) is 1. The van der Waals surface area contributed by atoms with Gasteiger partial charge in [0.15, 0.2) is 0 Å². The van der Waals surface area contributed by atoms with Gasteiger partial charge in [0.2, 0.25) is 0 Å². The molecule has 2 unspecified atom stereocenters. The van der Waals surface area contributed by atoms with Gasteiger partial charge < -0.3 is 5.11 Å².